The Labute approximate surface area is 128 Å². The molecular weight excluding hydrogens is 345 g/mol. The van der Waals surface area contributed by atoms with Crippen LogP contribution in [0.25, 0.3) is 0 Å². The molecule has 0 heterocycles. The average molecular weight is 355 g/mol. The first kappa shape index (κ1) is 15.4. The summed E-state index contributed by atoms with van der Waals surface area (Å²) in [5, 5.41) is 11.9. The third-order valence-corrected chi connectivity index (χ3v) is 3.24. The van der Waals surface area contributed by atoms with E-state index in [2.05, 4.69) is 21.2 Å². The van der Waals surface area contributed by atoms with Crippen LogP contribution < -0.4 is 5.32 Å². The van der Waals surface area contributed by atoms with Crippen molar-refractivity contribution in [3.8, 4) is 6.07 Å². The molecule has 0 saturated carbocycles. The van der Waals surface area contributed by atoms with Crippen LogP contribution in [-0.2, 0) is 12.7 Å². The van der Waals surface area contributed by atoms with Gasteiger partial charge in [-0.2, -0.15) is 18.4 Å². The molecule has 21 heavy (non-hydrogen) atoms. The molecule has 0 aliphatic heterocycles. The van der Waals surface area contributed by atoms with Crippen LogP contribution in [0.2, 0.25) is 0 Å². The Kier molecular flexibility index (Phi) is 4.53. The van der Waals surface area contributed by atoms with Crippen molar-refractivity contribution in [2.75, 3.05) is 5.32 Å². The Morgan fingerprint density at radius 2 is 1.90 bits per heavy atom. The summed E-state index contributed by atoms with van der Waals surface area (Å²) in [7, 11) is 0. The minimum absolute atomic E-state index is 0.241. The maximum absolute atomic E-state index is 12.6. The second kappa shape index (κ2) is 6.19. The van der Waals surface area contributed by atoms with E-state index < -0.39 is 11.7 Å². The van der Waals surface area contributed by atoms with Gasteiger partial charge in [0.1, 0.15) is 0 Å². The second-order valence-electron chi connectivity index (χ2n) is 4.39. The van der Waals surface area contributed by atoms with Crippen molar-refractivity contribution in [2.24, 2.45) is 0 Å². The molecule has 108 valence electrons. The third kappa shape index (κ3) is 4.23. The molecule has 0 unspecified atom stereocenters. The summed E-state index contributed by atoms with van der Waals surface area (Å²) in [6.45, 7) is 0.241. The summed E-state index contributed by atoms with van der Waals surface area (Å²) in [4.78, 5) is 0. The molecule has 0 fully saturated rings. The molecular formula is C15H10BrF3N2. The average Bonchev–Trinajstić information content (AvgIpc) is 2.44. The molecule has 2 aromatic rings. The van der Waals surface area contributed by atoms with E-state index in [0.29, 0.717) is 16.8 Å². The van der Waals surface area contributed by atoms with Crippen molar-refractivity contribution in [2.45, 2.75) is 12.7 Å². The smallest absolute Gasteiger partial charge is 0.381 e. The summed E-state index contributed by atoms with van der Waals surface area (Å²) < 4.78 is 38.6. The molecule has 0 aliphatic rings. The summed E-state index contributed by atoms with van der Waals surface area (Å²) >= 11 is 3.28. The molecule has 0 amide bonds. The number of anilines is 1. The van der Waals surface area contributed by atoms with E-state index >= 15 is 0 Å². The first-order valence-electron chi connectivity index (χ1n) is 5.99. The molecule has 0 atom stereocenters. The van der Waals surface area contributed by atoms with Gasteiger partial charge in [0.05, 0.1) is 17.2 Å². The third-order valence-electron chi connectivity index (χ3n) is 2.78. The standard InChI is InChI=1S/C15H10BrF3N2/c16-13-5-11(8-20)6-14(7-13)21-9-10-2-1-3-12(4-10)15(17,18)19/h1-7,21H,9H2. The summed E-state index contributed by atoms with van der Waals surface area (Å²) in [6, 6.07) is 12.2. The van der Waals surface area contributed by atoms with Gasteiger partial charge in [-0.15, -0.1) is 0 Å². The number of nitrogens with one attached hydrogen (secondary N) is 1. The number of rotatable bonds is 3. The lowest BCUT2D eigenvalue weighted by Crippen LogP contribution is -2.07. The van der Waals surface area contributed by atoms with Crippen molar-refractivity contribution in [3.63, 3.8) is 0 Å². The second-order valence-corrected chi connectivity index (χ2v) is 5.31. The van der Waals surface area contributed by atoms with Gasteiger partial charge in [-0.3, -0.25) is 0 Å². The van der Waals surface area contributed by atoms with Gasteiger partial charge in [-0.25, -0.2) is 0 Å². The lowest BCUT2D eigenvalue weighted by molar-refractivity contribution is -0.137. The predicted molar refractivity (Wildman–Crippen MR) is 77.6 cm³/mol. The highest BCUT2D eigenvalue weighted by molar-refractivity contribution is 9.10. The number of alkyl halides is 3. The zero-order valence-electron chi connectivity index (χ0n) is 10.7. The van der Waals surface area contributed by atoms with Crippen LogP contribution in [0.15, 0.2) is 46.9 Å². The van der Waals surface area contributed by atoms with E-state index in [9.17, 15) is 13.2 Å². The van der Waals surface area contributed by atoms with Crippen LogP contribution in [-0.4, -0.2) is 0 Å². The number of benzene rings is 2. The Hall–Kier alpha value is -2.00. The summed E-state index contributed by atoms with van der Waals surface area (Å²) in [5.74, 6) is 0. The Balaban J connectivity index is 2.14. The van der Waals surface area contributed by atoms with Crippen LogP contribution in [0.5, 0.6) is 0 Å². The monoisotopic (exact) mass is 354 g/mol. The van der Waals surface area contributed by atoms with Crippen LogP contribution in [0.4, 0.5) is 18.9 Å². The largest absolute Gasteiger partial charge is 0.416 e. The number of hydrogen-bond acceptors (Lipinski definition) is 2. The minimum Gasteiger partial charge on any atom is -0.381 e. The van der Waals surface area contributed by atoms with Crippen LogP contribution >= 0.6 is 15.9 Å². The lowest BCUT2D eigenvalue weighted by Gasteiger charge is -2.10. The Morgan fingerprint density at radius 1 is 1.14 bits per heavy atom. The number of nitriles is 1. The van der Waals surface area contributed by atoms with Crippen LogP contribution in [0, 0.1) is 11.3 Å². The Bertz CT molecular complexity index is 690. The van der Waals surface area contributed by atoms with Crippen molar-refractivity contribution in [1.82, 2.24) is 0 Å². The van der Waals surface area contributed by atoms with Gasteiger partial charge in [0.2, 0.25) is 0 Å². The van der Waals surface area contributed by atoms with Crippen molar-refractivity contribution < 1.29 is 13.2 Å². The number of halogens is 4. The zero-order valence-corrected chi connectivity index (χ0v) is 12.3. The summed E-state index contributed by atoms with van der Waals surface area (Å²) in [6.07, 6.45) is -4.35. The molecule has 1 N–H and O–H groups in total. The first-order chi connectivity index (χ1) is 9.88. The molecule has 6 heteroatoms. The molecule has 0 radical (unpaired) electrons. The molecule has 0 spiro atoms. The van der Waals surface area contributed by atoms with E-state index in [-0.39, 0.29) is 6.54 Å². The highest BCUT2D eigenvalue weighted by Gasteiger charge is 2.30. The molecule has 2 rings (SSSR count). The maximum Gasteiger partial charge on any atom is 0.416 e. The van der Waals surface area contributed by atoms with Gasteiger partial charge in [-0.1, -0.05) is 28.1 Å². The topological polar surface area (TPSA) is 35.8 Å². The van der Waals surface area contributed by atoms with E-state index in [1.165, 1.54) is 6.07 Å². The Morgan fingerprint density at radius 3 is 2.57 bits per heavy atom. The number of hydrogen-bond donors (Lipinski definition) is 1. The SMILES string of the molecule is N#Cc1cc(Br)cc(NCc2cccc(C(F)(F)F)c2)c1. The fourth-order valence-corrected chi connectivity index (χ4v) is 2.31. The van der Waals surface area contributed by atoms with Gasteiger partial charge in [0.25, 0.3) is 0 Å². The van der Waals surface area contributed by atoms with E-state index in [0.717, 1.165) is 16.6 Å². The van der Waals surface area contributed by atoms with Gasteiger partial charge < -0.3 is 5.32 Å². The first-order valence-corrected chi connectivity index (χ1v) is 6.78. The number of nitrogens with zero attached hydrogens (tertiary/aromatic N) is 1. The molecule has 2 nitrogen and oxygen atoms in total. The van der Waals surface area contributed by atoms with Crippen LogP contribution in [0.1, 0.15) is 16.7 Å². The van der Waals surface area contributed by atoms with Gasteiger partial charge in [0, 0.05) is 16.7 Å². The van der Waals surface area contributed by atoms with Crippen molar-refractivity contribution in [1.29, 1.82) is 5.26 Å². The van der Waals surface area contributed by atoms with E-state index in [1.807, 2.05) is 6.07 Å². The summed E-state index contributed by atoms with van der Waals surface area (Å²) in [5.41, 5.74) is 0.978. The molecule has 0 aromatic heterocycles. The molecule has 0 aliphatic carbocycles. The van der Waals surface area contributed by atoms with Crippen molar-refractivity contribution in [3.05, 3.63) is 63.6 Å². The molecule has 0 saturated heterocycles. The van der Waals surface area contributed by atoms with E-state index in [4.69, 9.17) is 5.26 Å². The minimum atomic E-state index is -4.35. The zero-order chi connectivity index (χ0) is 15.5. The lowest BCUT2D eigenvalue weighted by atomic mass is 10.1. The fraction of sp³-hybridized carbons (Fsp3) is 0.133. The maximum atomic E-state index is 12.6. The molecule has 2 aromatic carbocycles. The van der Waals surface area contributed by atoms with Crippen molar-refractivity contribution >= 4 is 21.6 Å². The molecule has 0 bridgehead atoms. The van der Waals surface area contributed by atoms with Crippen LogP contribution in [0.3, 0.4) is 0 Å². The normalized spacial score (nSPS) is 11.0. The van der Waals surface area contributed by atoms with E-state index in [1.54, 1.807) is 24.3 Å². The highest BCUT2D eigenvalue weighted by atomic mass is 79.9. The predicted octanol–water partition coefficient (Wildman–Crippen LogP) is 4.95. The van der Waals surface area contributed by atoms with Gasteiger partial charge in [-0.05, 0) is 35.9 Å². The quantitative estimate of drug-likeness (QED) is 0.846. The fourth-order valence-electron chi connectivity index (χ4n) is 1.82. The highest BCUT2D eigenvalue weighted by Crippen LogP contribution is 2.29. The van der Waals surface area contributed by atoms with Gasteiger partial charge in [0.15, 0.2) is 0 Å². The van der Waals surface area contributed by atoms with Gasteiger partial charge >= 0.3 is 6.18 Å².